The van der Waals surface area contributed by atoms with E-state index in [1.807, 2.05) is 60.9 Å². The average molecular weight is 718 g/mol. The average Bonchev–Trinajstić information content (AvgIpc) is 3.78. The first-order valence-corrected chi connectivity index (χ1v) is 18.6. The highest BCUT2D eigenvalue weighted by molar-refractivity contribution is 6.19. The summed E-state index contributed by atoms with van der Waals surface area (Å²) in [5, 5.41) is 4.70. The van der Waals surface area contributed by atoms with Crippen molar-refractivity contribution in [2.75, 3.05) is 0 Å². The Morgan fingerprint density at radius 2 is 0.732 bits per heavy atom. The van der Waals surface area contributed by atoms with E-state index in [0.717, 1.165) is 60.8 Å². The van der Waals surface area contributed by atoms with Gasteiger partial charge in [-0.15, -0.1) is 0 Å². The van der Waals surface area contributed by atoms with Gasteiger partial charge in [0.2, 0.25) is 5.95 Å². The molecule has 0 fully saturated rings. The van der Waals surface area contributed by atoms with Crippen molar-refractivity contribution in [2.45, 2.75) is 0 Å². The highest BCUT2D eigenvalue weighted by Crippen LogP contribution is 2.39. The summed E-state index contributed by atoms with van der Waals surface area (Å²) in [6.07, 6.45) is 3.63. The number of aromatic nitrogens is 7. The minimum atomic E-state index is 0.504. The van der Waals surface area contributed by atoms with Gasteiger partial charge in [0, 0.05) is 50.8 Å². The quantitative estimate of drug-likeness (QED) is 0.171. The number of hydrogen-bond donors (Lipinski definition) is 0. The Bertz CT molecular complexity index is 3210. The maximum absolute atomic E-state index is 5.00. The van der Waals surface area contributed by atoms with Gasteiger partial charge in [-0.2, -0.15) is 0 Å². The van der Waals surface area contributed by atoms with Crippen LogP contribution in [0.2, 0.25) is 0 Å². The molecule has 0 radical (unpaired) electrons. The lowest BCUT2D eigenvalue weighted by atomic mass is 10.0. The molecule has 262 valence electrons. The highest BCUT2D eigenvalue weighted by Gasteiger charge is 2.20. The minimum Gasteiger partial charge on any atom is -0.309 e. The molecule has 0 saturated carbocycles. The van der Waals surface area contributed by atoms with Crippen molar-refractivity contribution in [3.8, 4) is 56.9 Å². The Hall–Kier alpha value is -7.77. The van der Waals surface area contributed by atoms with Crippen LogP contribution in [0.5, 0.6) is 0 Å². The van der Waals surface area contributed by atoms with Gasteiger partial charge in [0.25, 0.3) is 0 Å². The summed E-state index contributed by atoms with van der Waals surface area (Å²) in [6, 6.07) is 60.9. The molecule has 0 N–H and O–H groups in total. The zero-order valence-electron chi connectivity index (χ0n) is 30.0. The first-order valence-electron chi connectivity index (χ1n) is 18.6. The van der Waals surface area contributed by atoms with Crippen molar-refractivity contribution >= 4 is 43.6 Å². The molecule has 7 aromatic carbocycles. The number of rotatable bonds is 6. The molecular formula is C49H31N7. The van der Waals surface area contributed by atoms with Gasteiger partial charge in [-0.1, -0.05) is 140 Å². The molecular weight excluding hydrogens is 687 g/mol. The molecule has 0 unspecified atom stereocenters. The van der Waals surface area contributed by atoms with Crippen molar-refractivity contribution in [1.82, 2.24) is 34.1 Å². The molecule has 0 aliphatic rings. The molecule has 0 saturated heterocycles. The Balaban J connectivity index is 1.06. The summed E-state index contributed by atoms with van der Waals surface area (Å²) in [7, 11) is 0. The van der Waals surface area contributed by atoms with Gasteiger partial charge in [0.15, 0.2) is 17.5 Å². The predicted molar refractivity (Wildman–Crippen MR) is 226 cm³/mol. The molecule has 0 amide bonds. The second kappa shape index (κ2) is 13.0. The summed E-state index contributed by atoms with van der Waals surface area (Å²) in [6.45, 7) is 0. The van der Waals surface area contributed by atoms with Crippen LogP contribution < -0.4 is 0 Å². The lowest BCUT2D eigenvalue weighted by Crippen LogP contribution is -2.03. The fraction of sp³-hybridized carbons (Fsp3) is 0. The molecule has 0 aliphatic heterocycles. The number of para-hydroxylation sites is 3. The van der Waals surface area contributed by atoms with Crippen molar-refractivity contribution in [3.63, 3.8) is 0 Å². The van der Waals surface area contributed by atoms with E-state index in [1.54, 1.807) is 0 Å². The van der Waals surface area contributed by atoms with E-state index in [1.165, 1.54) is 10.8 Å². The molecule has 4 heterocycles. The monoisotopic (exact) mass is 717 g/mol. The number of nitrogens with zero attached hydrogens (tertiary/aromatic N) is 7. The SMILES string of the molecule is c1ccc(-c2ccc(-c3nc(-c4ccccc4)nc(-c4cnc(-n5c6ccccc6c6cc7c8ccccc8n(-c8ccccc8)c7cc65)nc4)n3)cc2)cc1. The van der Waals surface area contributed by atoms with Crippen LogP contribution in [0.25, 0.3) is 101 Å². The molecule has 0 aliphatic carbocycles. The maximum Gasteiger partial charge on any atom is 0.234 e. The second-order valence-electron chi connectivity index (χ2n) is 13.8. The molecule has 11 rings (SSSR count). The molecule has 0 atom stereocenters. The smallest absolute Gasteiger partial charge is 0.234 e. The lowest BCUT2D eigenvalue weighted by Gasteiger charge is -2.10. The molecule has 11 aromatic rings. The molecule has 7 nitrogen and oxygen atoms in total. The second-order valence-corrected chi connectivity index (χ2v) is 13.8. The Morgan fingerprint density at radius 1 is 0.304 bits per heavy atom. The van der Waals surface area contributed by atoms with Crippen LogP contribution in [-0.2, 0) is 0 Å². The highest BCUT2D eigenvalue weighted by atomic mass is 15.2. The van der Waals surface area contributed by atoms with Crippen molar-refractivity contribution < 1.29 is 0 Å². The largest absolute Gasteiger partial charge is 0.309 e. The van der Waals surface area contributed by atoms with Crippen LogP contribution >= 0.6 is 0 Å². The van der Waals surface area contributed by atoms with E-state index < -0.39 is 0 Å². The van der Waals surface area contributed by atoms with E-state index in [4.69, 9.17) is 24.9 Å². The minimum absolute atomic E-state index is 0.504. The van der Waals surface area contributed by atoms with E-state index in [0.29, 0.717) is 29.0 Å². The summed E-state index contributed by atoms with van der Waals surface area (Å²) in [5.74, 6) is 2.24. The third kappa shape index (κ3) is 5.25. The third-order valence-corrected chi connectivity index (χ3v) is 10.5. The van der Waals surface area contributed by atoms with E-state index in [9.17, 15) is 0 Å². The maximum atomic E-state index is 5.00. The van der Waals surface area contributed by atoms with Crippen molar-refractivity contribution in [2.24, 2.45) is 0 Å². The van der Waals surface area contributed by atoms with Gasteiger partial charge in [-0.3, -0.25) is 4.57 Å². The fourth-order valence-corrected chi connectivity index (χ4v) is 7.85. The summed E-state index contributed by atoms with van der Waals surface area (Å²) < 4.78 is 4.50. The Kier molecular flexibility index (Phi) is 7.35. The van der Waals surface area contributed by atoms with Gasteiger partial charge in [-0.25, -0.2) is 24.9 Å². The van der Waals surface area contributed by atoms with Gasteiger partial charge >= 0.3 is 0 Å². The van der Waals surface area contributed by atoms with Crippen LogP contribution in [0.1, 0.15) is 0 Å². The molecule has 0 spiro atoms. The van der Waals surface area contributed by atoms with Crippen molar-refractivity contribution in [3.05, 3.63) is 188 Å². The third-order valence-electron chi connectivity index (χ3n) is 10.5. The van der Waals surface area contributed by atoms with Crippen LogP contribution in [0, 0.1) is 0 Å². The van der Waals surface area contributed by atoms with Gasteiger partial charge in [0.1, 0.15) is 0 Å². The number of fused-ring (bicyclic) bond motifs is 6. The van der Waals surface area contributed by atoms with Gasteiger partial charge in [-0.05, 0) is 47.5 Å². The molecule has 7 heteroatoms. The number of hydrogen-bond acceptors (Lipinski definition) is 5. The first kappa shape index (κ1) is 31.7. The number of benzene rings is 7. The zero-order valence-corrected chi connectivity index (χ0v) is 30.0. The summed E-state index contributed by atoms with van der Waals surface area (Å²) in [4.78, 5) is 24.8. The van der Waals surface area contributed by atoms with Crippen LogP contribution in [0.4, 0.5) is 0 Å². The van der Waals surface area contributed by atoms with Crippen LogP contribution in [0.15, 0.2) is 188 Å². The first-order chi connectivity index (χ1) is 27.8. The Labute approximate surface area is 321 Å². The summed E-state index contributed by atoms with van der Waals surface area (Å²) >= 11 is 0. The molecule has 56 heavy (non-hydrogen) atoms. The van der Waals surface area contributed by atoms with Crippen LogP contribution in [0.3, 0.4) is 0 Å². The zero-order chi connectivity index (χ0) is 37.0. The molecule has 4 aromatic heterocycles. The Morgan fingerprint density at radius 3 is 1.34 bits per heavy atom. The van der Waals surface area contributed by atoms with E-state index in [2.05, 4.69) is 137 Å². The standard InChI is InChI=1S/C49H31N7/c1-4-14-32(15-5-1)33-24-26-35(27-25-33)47-52-46(34-16-6-2-7-17-34)53-48(54-47)36-30-50-49(51-31-36)56-43-23-13-11-21-39(43)41-28-40-38-20-10-12-22-42(38)55(44(40)29-45(41)56)37-18-8-3-9-19-37/h1-31H. The van der Waals surface area contributed by atoms with Gasteiger partial charge < -0.3 is 4.57 Å². The van der Waals surface area contributed by atoms with Crippen molar-refractivity contribution in [1.29, 1.82) is 0 Å². The molecule has 0 bridgehead atoms. The van der Waals surface area contributed by atoms with Gasteiger partial charge in [0.05, 0.1) is 27.6 Å². The summed E-state index contributed by atoms with van der Waals surface area (Å²) in [5.41, 5.74) is 10.2. The van der Waals surface area contributed by atoms with E-state index >= 15 is 0 Å². The fourth-order valence-electron chi connectivity index (χ4n) is 7.85. The predicted octanol–water partition coefficient (Wildman–Crippen LogP) is 11.5. The normalized spacial score (nSPS) is 11.6. The van der Waals surface area contributed by atoms with E-state index in [-0.39, 0.29) is 0 Å². The topological polar surface area (TPSA) is 74.3 Å². The van der Waals surface area contributed by atoms with Crippen LogP contribution in [-0.4, -0.2) is 34.1 Å². The lowest BCUT2D eigenvalue weighted by molar-refractivity contribution is 0.982.